The number of ketones is 1. The molecule has 2 rings (SSSR count). The normalized spacial score (nSPS) is 16.7. The highest BCUT2D eigenvalue weighted by atomic mass is 16.5. The van der Waals surface area contributed by atoms with Crippen molar-refractivity contribution >= 4 is 5.78 Å². The van der Waals surface area contributed by atoms with E-state index in [1.54, 1.807) is 6.07 Å². The molecule has 0 fully saturated rings. The monoisotopic (exact) mass is 248 g/mol. The largest absolute Gasteiger partial charge is 0.493 e. The predicted octanol–water partition coefficient (Wildman–Crippen LogP) is 2.60. The van der Waals surface area contributed by atoms with Crippen LogP contribution in [0.1, 0.15) is 43.1 Å². The van der Waals surface area contributed by atoms with Gasteiger partial charge < -0.3 is 9.84 Å². The van der Waals surface area contributed by atoms with Crippen molar-refractivity contribution in [3.63, 3.8) is 0 Å². The molecule has 1 N–H and O–H groups in total. The first-order valence-corrected chi connectivity index (χ1v) is 6.38. The quantitative estimate of drug-likeness (QED) is 0.818. The van der Waals surface area contributed by atoms with E-state index in [0.717, 1.165) is 18.4 Å². The second-order valence-electron chi connectivity index (χ2n) is 5.88. The van der Waals surface area contributed by atoms with Crippen LogP contribution in [0, 0.1) is 5.41 Å². The summed E-state index contributed by atoms with van der Waals surface area (Å²) in [5.74, 6) is 0.415. The van der Waals surface area contributed by atoms with Gasteiger partial charge in [0.1, 0.15) is 11.9 Å². The molecule has 1 aliphatic heterocycles. The van der Waals surface area contributed by atoms with Crippen molar-refractivity contribution in [1.29, 1.82) is 0 Å². The van der Waals surface area contributed by atoms with E-state index in [0.29, 0.717) is 17.9 Å². The van der Waals surface area contributed by atoms with E-state index < -0.39 is 11.5 Å². The van der Waals surface area contributed by atoms with Crippen LogP contribution in [0.25, 0.3) is 0 Å². The van der Waals surface area contributed by atoms with Crippen LogP contribution in [-0.2, 0) is 6.42 Å². The summed E-state index contributed by atoms with van der Waals surface area (Å²) in [6.45, 7) is 6.20. The maximum atomic E-state index is 12.3. The zero-order chi connectivity index (χ0) is 13.3. The summed E-state index contributed by atoms with van der Waals surface area (Å²) in [7, 11) is 0. The lowest BCUT2D eigenvalue weighted by Gasteiger charge is -2.26. The average molecular weight is 248 g/mol. The van der Waals surface area contributed by atoms with E-state index in [1.807, 2.05) is 32.9 Å². The zero-order valence-corrected chi connectivity index (χ0v) is 11.2. The number of aryl methyl sites for hydroxylation is 1. The van der Waals surface area contributed by atoms with Crippen LogP contribution in [-0.4, -0.2) is 23.6 Å². The van der Waals surface area contributed by atoms with Gasteiger partial charge in [-0.2, -0.15) is 0 Å². The summed E-state index contributed by atoms with van der Waals surface area (Å²) in [6.07, 6.45) is 0.906. The van der Waals surface area contributed by atoms with Crippen molar-refractivity contribution in [2.75, 3.05) is 6.61 Å². The Hall–Kier alpha value is -1.35. The third-order valence-electron chi connectivity index (χ3n) is 3.27. The first-order chi connectivity index (χ1) is 8.41. The molecule has 0 aromatic heterocycles. The number of Topliss-reactive ketones (excluding diaryl/α,β-unsaturated/α-hetero) is 1. The number of hydrogen-bond acceptors (Lipinski definition) is 3. The van der Waals surface area contributed by atoms with Crippen LogP contribution in [0.5, 0.6) is 5.75 Å². The Morgan fingerprint density at radius 1 is 1.39 bits per heavy atom. The van der Waals surface area contributed by atoms with Crippen LogP contribution in [0.15, 0.2) is 18.2 Å². The average Bonchev–Trinajstić information content (AvgIpc) is 2.35. The standard InChI is InChI=1S/C15H20O3/c1-15(2,3)14(17)12(16)11-8-4-6-10-7-5-9-18-13(10)11/h4,6,8,14,17H,5,7,9H2,1-3H3. The highest BCUT2D eigenvalue weighted by molar-refractivity contribution is 6.02. The number of aliphatic hydroxyl groups excluding tert-OH is 1. The summed E-state index contributed by atoms with van der Waals surface area (Å²) in [5.41, 5.74) is 1.11. The van der Waals surface area contributed by atoms with Crippen LogP contribution in [0.2, 0.25) is 0 Å². The fourth-order valence-electron chi connectivity index (χ4n) is 2.12. The van der Waals surface area contributed by atoms with Crippen molar-refractivity contribution in [2.24, 2.45) is 5.41 Å². The summed E-state index contributed by atoms with van der Waals surface area (Å²) in [5, 5.41) is 10.1. The molecule has 0 saturated heterocycles. The minimum atomic E-state index is -1.01. The van der Waals surface area contributed by atoms with Crippen LogP contribution in [0.4, 0.5) is 0 Å². The number of carbonyl (C=O) groups excluding carboxylic acids is 1. The van der Waals surface area contributed by atoms with Gasteiger partial charge in [0.15, 0.2) is 5.78 Å². The molecule has 1 aromatic carbocycles. The van der Waals surface area contributed by atoms with Gasteiger partial charge in [-0.15, -0.1) is 0 Å². The third kappa shape index (κ3) is 2.41. The van der Waals surface area contributed by atoms with Gasteiger partial charge in [-0.05, 0) is 29.9 Å². The molecule has 0 bridgehead atoms. The highest BCUT2D eigenvalue weighted by Gasteiger charge is 2.32. The molecule has 1 atom stereocenters. The number of ether oxygens (including phenoxy) is 1. The summed E-state index contributed by atoms with van der Waals surface area (Å²) < 4.78 is 5.61. The Bertz CT molecular complexity index is 457. The second kappa shape index (κ2) is 4.73. The van der Waals surface area contributed by atoms with E-state index in [1.165, 1.54) is 0 Å². The Morgan fingerprint density at radius 2 is 2.11 bits per heavy atom. The van der Waals surface area contributed by atoms with Gasteiger partial charge in [-0.25, -0.2) is 0 Å². The van der Waals surface area contributed by atoms with Gasteiger partial charge in [-0.1, -0.05) is 32.9 Å². The summed E-state index contributed by atoms with van der Waals surface area (Å²) >= 11 is 0. The molecule has 98 valence electrons. The molecule has 1 aromatic rings. The van der Waals surface area contributed by atoms with Gasteiger partial charge >= 0.3 is 0 Å². The Kier molecular flexibility index (Phi) is 3.44. The molecule has 1 heterocycles. The zero-order valence-electron chi connectivity index (χ0n) is 11.2. The molecule has 0 amide bonds. The molecule has 18 heavy (non-hydrogen) atoms. The van der Waals surface area contributed by atoms with Crippen LogP contribution >= 0.6 is 0 Å². The molecule has 3 heteroatoms. The topological polar surface area (TPSA) is 46.5 Å². The van der Waals surface area contributed by atoms with Crippen molar-refractivity contribution in [2.45, 2.75) is 39.7 Å². The minimum absolute atomic E-state index is 0.249. The van der Waals surface area contributed by atoms with Crippen LogP contribution < -0.4 is 4.74 Å². The molecule has 0 saturated carbocycles. The molecule has 0 spiro atoms. The molecule has 1 aliphatic rings. The summed E-state index contributed by atoms with van der Waals surface area (Å²) in [6, 6.07) is 5.58. The first-order valence-electron chi connectivity index (χ1n) is 6.38. The van der Waals surface area contributed by atoms with Gasteiger partial charge in [0.05, 0.1) is 12.2 Å². The lowest BCUT2D eigenvalue weighted by Crippen LogP contribution is -2.34. The van der Waals surface area contributed by atoms with Gasteiger partial charge in [-0.3, -0.25) is 4.79 Å². The van der Waals surface area contributed by atoms with Gasteiger partial charge in [0, 0.05) is 0 Å². The number of hydrogen-bond donors (Lipinski definition) is 1. The number of carbonyl (C=O) groups is 1. The molecule has 0 radical (unpaired) electrons. The molecular weight excluding hydrogens is 228 g/mol. The first kappa shape index (κ1) is 13.1. The lowest BCUT2D eigenvalue weighted by molar-refractivity contribution is 0.0438. The third-order valence-corrected chi connectivity index (χ3v) is 3.27. The predicted molar refractivity (Wildman–Crippen MR) is 70.1 cm³/mol. The van der Waals surface area contributed by atoms with Gasteiger partial charge in [0.2, 0.25) is 0 Å². The van der Waals surface area contributed by atoms with Crippen LogP contribution in [0.3, 0.4) is 0 Å². The van der Waals surface area contributed by atoms with Crippen molar-refractivity contribution in [3.8, 4) is 5.75 Å². The Balaban J connectivity index is 2.37. The van der Waals surface area contributed by atoms with Crippen molar-refractivity contribution < 1.29 is 14.6 Å². The molecule has 0 aliphatic carbocycles. The number of rotatable bonds is 2. The fourth-order valence-corrected chi connectivity index (χ4v) is 2.12. The Labute approximate surface area is 108 Å². The number of fused-ring (bicyclic) bond motifs is 1. The van der Waals surface area contributed by atoms with E-state index in [-0.39, 0.29) is 5.78 Å². The second-order valence-corrected chi connectivity index (χ2v) is 5.88. The van der Waals surface area contributed by atoms with Crippen molar-refractivity contribution in [1.82, 2.24) is 0 Å². The number of para-hydroxylation sites is 1. The van der Waals surface area contributed by atoms with E-state index in [2.05, 4.69) is 0 Å². The number of benzene rings is 1. The van der Waals surface area contributed by atoms with Gasteiger partial charge in [0.25, 0.3) is 0 Å². The smallest absolute Gasteiger partial charge is 0.195 e. The van der Waals surface area contributed by atoms with E-state index in [9.17, 15) is 9.90 Å². The molecule has 3 nitrogen and oxygen atoms in total. The Morgan fingerprint density at radius 3 is 2.78 bits per heavy atom. The molecule has 1 unspecified atom stereocenters. The number of aliphatic hydroxyl groups is 1. The lowest BCUT2D eigenvalue weighted by atomic mass is 9.84. The highest BCUT2D eigenvalue weighted by Crippen LogP contribution is 2.32. The SMILES string of the molecule is CC(C)(C)C(O)C(=O)c1cccc2c1OCCC2. The minimum Gasteiger partial charge on any atom is -0.493 e. The van der Waals surface area contributed by atoms with Crippen molar-refractivity contribution in [3.05, 3.63) is 29.3 Å². The summed E-state index contributed by atoms with van der Waals surface area (Å²) in [4.78, 5) is 12.3. The van der Waals surface area contributed by atoms with E-state index >= 15 is 0 Å². The van der Waals surface area contributed by atoms with E-state index in [4.69, 9.17) is 4.74 Å². The maximum Gasteiger partial charge on any atom is 0.195 e. The fraction of sp³-hybridized carbons (Fsp3) is 0.533. The molecular formula is C15H20O3. The maximum absolute atomic E-state index is 12.3.